The fraction of sp³-hybridized carbons (Fsp3) is 0.250. The van der Waals surface area contributed by atoms with Crippen LogP contribution in [-0.4, -0.2) is 22.1 Å². The summed E-state index contributed by atoms with van der Waals surface area (Å²) in [5.74, 6) is 1.22. The zero-order valence-electron chi connectivity index (χ0n) is 12.1. The van der Waals surface area contributed by atoms with Crippen LogP contribution < -0.4 is 0 Å². The molecule has 0 atom stereocenters. The zero-order valence-corrected chi connectivity index (χ0v) is 12.9. The van der Waals surface area contributed by atoms with E-state index in [9.17, 15) is 0 Å². The van der Waals surface area contributed by atoms with Gasteiger partial charge in [0.05, 0.1) is 6.54 Å². The van der Waals surface area contributed by atoms with Gasteiger partial charge in [0, 0.05) is 17.0 Å². The molecule has 4 nitrogen and oxygen atoms in total. The Hall–Kier alpha value is -1.98. The average molecular weight is 299 g/mol. The van der Waals surface area contributed by atoms with Crippen LogP contribution in [0.4, 0.5) is 0 Å². The molecule has 21 heavy (non-hydrogen) atoms. The lowest BCUT2D eigenvalue weighted by Crippen LogP contribution is -2.17. The molecule has 2 aromatic heterocycles. The Labute approximate surface area is 128 Å². The van der Waals surface area contributed by atoms with E-state index in [-0.39, 0.29) is 0 Å². The molecule has 5 heteroatoms. The predicted molar refractivity (Wildman–Crippen MR) is 84.0 cm³/mol. The zero-order chi connectivity index (χ0) is 14.7. The Kier molecular flexibility index (Phi) is 4.13. The summed E-state index contributed by atoms with van der Waals surface area (Å²) < 4.78 is 5.73. The first-order chi connectivity index (χ1) is 10.2. The molecular weight excluding hydrogens is 282 g/mol. The molecule has 3 rings (SSSR count). The molecule has 0 saturated heterocycles. The van der Waals surface area contributed by atoms with Crippen molar-refractivity contribution in [3.8, 4) is 11.5 Å². The highest BCUT2D eigenvalue weighted by molar-refractivity contribution is 7.10. The van der Waals surface area contributed by atoms with Gasteiger partial charge in [0.2, 0.25) is 11.8 Å². The molecule has 0 aliphatic carbocycles. The largest absolute Gasteiger partial charge is 0.419 e. The summed E-state index contributed by atoms with van der Waals surface area (Å²) in [7, 11) is 2.06. The van der Waals surface area contributed by atoms with Gasteiger partial charge in [-0.2, -0.15) is 0 Å². The number of hydrogen-bond acceptors (Lipinski definition) is 5. The van der Waals surface area contributed by atoms with E-state index in [4.69, 9.17) is 4.42 Å². The maximum absolute atomic E-state index is 5.73. The number of rotatable bonds is 5. The summed E-state index contributed by atoms with van der Waals surface area (Å²) >= 11 is 1.78. The van der Waals surface area contributed by atoms with Crippen molar-refractivity contribution < 1.29 is 4.42 Å². The van der Waals surface area contributed by atoms with Crippen LogP contribution in [-0.2, 0) is 13.1 Å². The minimum Gasteiger partial charge on any atom is -0.419 e. The van der Waals surface area contributed by atoms with Gasteiger partial charge in [-0.15, -0.1) is 21.5 Å². The fourth-order valence-electron chi connectivity index (χ4n) is 2.11. The molecule has 0 aliphatic rings. The van der Waals surface area contributed by atoms with Gasteiger partial charge in [0.15, 0.2) is 0 Å². The molecule has 0 radical (unpaired) electrons. The average Bonchev–Trinajstić information content (AvgIpc) is 3.10. The molecule has 1 aromatic carbocycles. The predicted octanol–water partition coefficient (Wildman–Crippen LogP) is 3.74. The third-order valence-electron chi connectivity index (χ3n) is 3.27. The third-order valence-corrected chi connectivity index (χ3v) is 4.28. The molecular formula is C16H17N3OS. The Bertz CT molecular complexity index is 705. The van der Waals surface area contributed by atoms with Gasteiger partial charge in [0.25, 0.3) is 0 Å². The molecule has 0 unspecified atom stereocenters. The second-order valence-corrected chi connectivity index (χ2v) is 6.07. The highest BCUT2D eigenvalue weighted by Crippen LogP contribution is 2.20. The number of benzene rings is 1. The lowest BCUT2D eigenvalue weighted by Gasteiger charge is -2.13. The molecule has 0 amide bonds. The van der Waals surface area contributed by atoms with E-state index in [0.29, 0.717) is 18.3 Å². The van der Waals surface area contributed by atoms with E-state index < -0.39 is 0 Å². The Morgan fingerprint density at radius 1 is 1.10 bits per heavy atom. The Balaban J connectivity index is 1.66. The minimum atomic E-state index is 0.575. The second kappa shape index (κ2) is 6.20. The summed E-state index contributed by atoms with van der Waals surface area (Å²) in [4.78, 5) is 3.56. The number of nitrogens with zero attached hydrogens (tertiary/aromatic N) is 3. The summed E-state index contributed by atoms with van der Waals surface area (Å²) in [6.07, 6.45) is 0. The van der Waals surface area contributed by atoms with Gasteiger partial charge >= 0.3 is 0 Å². The molecule has 0 fully saturated rings. The monoisotopic (exact) mass is 299 g/mol. The normalized spacial score (nSPS) is 11.2. The van der Waals surface area contributed by atoms with Crippen molar-refractivity contribution in [1.29, 1.82) is 0 Å². The van der Waals surface area contributed by atoms with Gasteiger partial charge in [-0.05, 0) is 43.1 Å². The van der Waals surface area contributed by atoms with Gasteiger partial charge in [-0.25, -0.2) is 0 Å². The van der Waals surface area contributed by atoms with E-state index in [1.54, 1.807) is 11.3 Å². The van der Waals surface area contributed by atoms with Crippen LogP contribution in [0.3, 0.4) is 0 Å². The van der Waals surface area contributed by atoms with Crippen LogP contribution in [0, 0.1) is 6.92 Å². The van der Waals surface area contributed by atoms with Gasteiger partial charge in [0.1, 0.15) is 0 Å². The van der Waals surface area contributed by atoms with Crippen LogP contribution >= 0.6 is 11.3 Å². The standard InChI is InChI=1S/C16H17N3OS/c1-12-8-9-21-14(12)10-19(2)11-15-17-18-16(20-15)13-6-4-3-5-7-13/h3-9H,10-11H2,1-2H3. The molecule has 0 N–H and O–H groups in total. The smallest absolute Gasteiger partial charge is 0.247 e. The third kappa shape index (κ3) is 3.37. The van der Waals surface area contributed by atoms with E-state index in [0.717, 1.165) is 12.1 Å². The van der Waals surface area contributed by atoms with Crippen LogP contribution in [0.5, 0.6) is 0 Å². The summed E-state index contributed by atoms with van der Waals surface area (Å²) in [6.45, 7) is 3.68. The maximum atomic E-state index is 5.73. The molecule has 0 aliphatic heterocycles. The summed E-state index contributed by atoms with van der Waals surface area (Å²) in [5.41, 5.74) is 2.29. The molecule has 0 spiro atoms. The van der Waals surface area contributed by atoms with Crippen LogP contribution in [0.25, 0.3) is 11.5 Å². The number of hydrogen-bond donors (Lipinski definition) is 0. The van der Waals surface area contributed by atoms with E-state index in [2.05, 4.69) is 40.5 Å². The molecule has 108 valence electrons. The van der Waals surface area contributed by atoms with Crippen LogP contribution in [0.15, 0.2) is 46.2 Å². The van der Waals surface area contributed by atoms with Crippen molar-refractivity contribution in [2.75, 3.05) is 7.05 Å². The fourth-order valence-corrected chi connectivity index (χ4v) is 3.10. The Morgan fingerprint density at radius 2 is 1.90 bits per heavy atom. The molecule has 3 aromatic rings. The van der Waals surface area contributed by atoms with Crippen molar-refractivity contribution in [1.82, 2.24) is 15.1 Å². The maximum Gasteiger partial charge on any atom is 0.247 e. The minimum absolute atomic E-state index is 0.575. The van der Waals surface area contributed by atoms with E-state index in [1.165, 1.54) is 10.4 Å². The number of thiophene rings is 1. The number of aryl methyl sites for hydroxylation is 1. The summed E-state index contributed by atoms with van der Waals surface area (Å²) in [5, 5.41) is 10.4. The van der Waals surface area contributed by atoms with Crippen molar-refractivity contribution >= 4 is 11.3 Å². The molecule has 2 heterocycles. The van der Waals surface area contributed by atoms with Crippen molar-refractivity contribution in [2.45, 2.75) is 20.0 Å². The lowest BCUT2D eigenvalue weighted by molar-refractivity contribution is 0.284. The first kappa shape index (κ1) is 14.0. The van der Waals surface area contributed by atoms with Gasteiger partial charge < -0.3 is 4.42 Å². The van der Waals surface area contributed by atoms with Gasteiger partial charge in [-0.3, -0.25) is 4.90 Å². The van der Waals surface area contributed by atoms with Crippen molar-refractivity contribution in [3.05, 3.63) is 58.1 Å². The van der Waals surface area contributed by atoms with Crippen LogP contribution in [0.2, 0.25) is 0 Å². The van der Waals surface area contributed by atoms with Crippen molar-refractivity contribution in [2.24, 2.45) is 0 Å². The highest BCUT2D eigenvalue weighted by Gasteiger charge is 2.11. The lowest BCUT2D eigenvalue weighted by atomic mass is 10.2. The van der Waals surface area contributed by atoms with E-state index >= 15 is 0 Å². The van der Waals surface area contributed by atoms with Gasteiger partial charge in [-0.1, -0.05) is 18.2 Å². The first-order valence-corrected chi connectivity index (χ1v) is 7.69. The molecule has 0 saturated carbocycles. The topological polar surface area (TPSA) is 42.2 Å². The molecule has 0 bridgehead atoms. The second-order valence-electron chi connectivity index (χ2n) is 5.07. The first-order valence-electron chi connectivity index (χ1n) is 6.81. The SMILES string of the molecule is Cc1ccsc1CN(C)Cc1nnc(-c2ccccc2)o1. The quantitative estimate of drug-likeness (QED) is 0.720. The summed E-state index contributed by atoms with van der Waals surface area (Å²) in [6, 6.07) is 12.0. The highest BCUT2D eigenvalue weighted by atomic mass is 32.1. The van der Waals surface area contributed by atoms with Crippen LogP contribution in [0.1, 0.15) is 16.3 Å². The Morgan fingerprint density at radius 3 is 2.62 bits per heavy atom. The van der Waals surface area contributed by atoms with E-state index in [1.807, 2.05) is 30.3 Å². The van der Waals surface area contributed by atoms with Crippen molar-refractivity contribution in [3.63, 3.8) is 0 Å². The number of aromatic nitrogens is 2.